The molecule has 1 amide bonds. The average molecular weight is 425 g/mol. The Bertz CT molecular complexity index is 877. The van der Waals surface area contributed by atoms with Gasteiger partial charge in [-0.1, -0.05) is 43.2 Å². The third kappa shape index (κ3) is 5.75. The van der Waals surface area contributed by atoms with E-state index in [-0.39, 0.29) is 5.91 Å². The van der Waals surface area contributed by atoms with Crippen LogP contribution >= 0.6 is 11.8 Å². The molecule has 1 aromatic heterocycles. The Labute approximate surface area is 184 Å². The van der Waals surface area contributed by atoms with Gasteiger partial charge in [-0.05, 0) is 56.2 Å². The van der Waals surface area contributed by atoms with E-state index in [1.54, 1.807) is 11.8 Å². The summed E-state index contributed by atoms with van der Waals surface area (Å²) in [5.41, 5.74) is 2.85. The van der Waals surface area contributed by atoms with E-state index >= 15 is 0 Å². The zero-order valence-electron chi connectivity index (χ0n) is 18.1. The van der Waals surface area contributed by atoms with Crippen LogP contribution in [0.15, 0.2) is 35.5 Å². The molecule has 1 aromatic carbocycles. The van der Waals surface area contributed by atoms with Gasteiger partial charge in [-0.2, -0.15) is 0 Å². The van der Waals surface area contributed by atoms with E-state index in [0.29, 0.717) is 12.0 Å². The highest BCUT2D eigenvalue weighted by Crippen LogP contribution is 2.29. The molecule has 4 rings (SSSR count). The molecule has 5 nitrogen and oxygen atoms in total. The molecule has 0 bridgehead atoms. The largest absolute Gasteiger partial charge is 0.357 e. The van der Waals surface area contributed by atoms with Crippen molar-refractivity contribution in [2.75, 3.05) is 18.5 Å². The van der Waals surface area contributed by atoms with Crippen molar-refractivity contribution in [1.29, 1.82) is 0 Å². The van der Waals surface area contributed by atoms with Crippen LogP contribution in [0, 0.1) is 12.8 Å². The zero-order chi connectivity index (χ0) is 20.9. The predicted molar refractivity (Wildman–Crippen MR) is 123 cm³/mol. The molecular weight excluding hydrogens is 392 g/mol. The Kier molecular flexibility index (Phi) is 6.93. The maximum absolute atomic E-state index is 12.4. The summed E-state index contributed by atoms with van der Waals surface area (Å²) in [6, 6.07) is 10.6. The van der Waals surface area contributed by atoms with Crippen molar-refractivity contribution in [3.63, 3.8) is 0 Å². The number of hydrogen-bond donors (Lipinski definition) is 1. The molecule has 30 heavy (non-hydrogen) atoms. The van der Waals surface area contributed by atoms with Crippen LogP contribution in [0.3, 0.4) is 0 Å². The average Bonchev–Trinajstić information content (AvgIpc) is 3.60. The summed E-state index contributed by atoms with van der Waals surface area (Å²) in [4.78, 5) is 24.2. The van der Waals surface area contributed by atoms with Gasteiger partial charge in [0.2, 0.25) is 0 Å². The fourth-order valence-electron chi connectivity index (χ4n) is 4.04. The lowest BCUT2D eigenvalue weighted by Crippen LogP contribution is -2.34. The Morgan fingerprint density at radius 3 is 2.70 bits per heavy atom. The van der Waals surface area contributed by atoms with Crippen molar-refractivity contribution in [3.8, 4) is 0 Å². The molecule has 2 fully saturated rings. The summed E-state index contributed by atoms with van der Waals surface area (Å²) < 4.78 is 0. The van der Waals surface area contributed by atoms with Gasteiger partial charge in [0.25, 0.3) is 5.91 Å². The van der Waals surface area contributed by atoms with Crippen LogP contribution in [0.5, 0.6) is 0 Å². The summed E-state index contributed by atoms with van der Waals surface area (Å²) in [6.07, 6.45) is 8.95. The summed E-state index contributed by atoms with van der Waals surface area (Å²) in [7, 11) is 2.16. The van der Waals surface area contributed by atoms with Gasteiger partial charge in [-0.25, -0.2) is 9.97 Å². The topological polar surface area (TPSA) is 58.1 Å². The molecule has 6 heteroatoms. The Morgan fingerprint density at radius 2 is 1.93 bits per heavy atom. The van der Waals surface area contributed by atoms with Crippen molar-refractivity contribution < 1.29 is 4.79 Å². The number of aryl methyl sites for hydroxylation is 1. The van der Waals surface area contributed by atoms with Gasteiger partial charge in [-0.3, -0.25) is 4.79 Å². The highest BCUT2D eigenvalue weighted by atomic mass is 32.2. The van der Waals surface area contributed by atoms with Crippen molar-refractivity contribution in [3.05, 3.63) is 47.2 Å². The van der Waals surface area contributed by atoms with E-state index in [4.69, 9.17) is 4.98 Å². The molecule has 0 atom stereocenters. The van der Waals surface area contributed by atoms with E-state index < -0.39 is 0 Å². The molecule has 2 aromatic rings. The summed E-state index contributed by atoms with van der Waals surface area (Å²) in [6.45, 7) is 2.83. The van der Waals surface area contributed by atoms with Crippen molar-refractivity contribution in [1.82, 2.24) is 15.3 Å². The molecule has 1 heterocycles. The van der Waals surface area contributed by atoms with Gasteiger partial charge in [0.05, 0.1) is 0 Å². The number of carbonyl (C=O) groups is 1. The van der Waals surface area contributed by atoms with Crippen molar-refractivity contribution in [2.24, 2.45) is 5.92 Å². The third-order valence-electron chi connectivity index (χ3n) is 6.11. The van der Waals surface area contributed by atoms with E-state index in [9.17, 15) is 4.79 Å². The monoisotopic (exact) mass is 424 g/mol. The molecule has 160 valence electrons. The van der Waals surface area contributed by atoms with Crippen LogP contribution in [0.25, 0.3) is 0 Å². The molecule has 0 unspecified atom stereocenters. The van der Waals surface area contributed by atoms with Gasteiger partial charge in [-0.15, -0.1) is 0 Å². The molecule has 2 aliphatic carbocycles. The summed E-state index contributed by atoms with van der Waals surface area (Å²) in [5.74, 6) is 2.48. The molecule has 1 N–H and O–H groups in total. The molecule has 2 aliphatic rings. The lowest BCUT2D eigenvalue weighted by atomic mass is 9.94. The molecule has 0 aliphatic heterocycles. The number of anilines is 1. The van der Waals surface area contributed by atoms with Gasteiger partial charge in [0.15, 0.2) is 5.16 Å². The fourth-order valence-corrected chi connectivity index (χ4v) is 4.88. The lowest BCUT2D eigenvalue weighted by molar-refractivity contribution is 0.0951. The SMILES string of the molecule is Cc1cc(N(C)C2CCCCC2)nc(SCc2cccc(C(=O)NCC3CC3)c2)n1. The first-order valence-electron chi connectivity index (χ1n) is 11.2. The number of carbonyl (C=O) groups excluding carboxylic acids is 1. The minimum absolute atomic E-state index is 0.0250. The van der Waals surface area contributed by atoms with Crippen LogP contribution in [-0.2, 0) is 5.75 Å². The first kappa shape index (κ1) is 21.2. The highest BCUT2D eigenvalue weighted by Gasteiger charge is 2.22. The van der Waals surface area contributed by atoms with Crippen LogP contribution in [0.2, 0.25) is 0 Å². The van der Waals surface area contributed by atoms with E-state index in [1.807, 2.05) is 25.1 Å². The standard InChI is InChI=1S/C24H32N4OS/c1-17-13-22(28(2)21-9-4-3-5-10-21)27-24(26-17)30-16-19-7-6-8-20(14-19)23(29)25-15-18-11-12-18/h6-8,13-14,18,21H,3-5,9-12,15-16H2,1-2H3,(H,25,29). The number of hydrogen-bond acceptors (Lipinski definition) is 5. The number of benzene rings is 1. The Morgan fingerprint density at radius 1 is 1.13 bits per heavy atom. The quantitative estimate of drug-likeness (QED) is 0.478. The van der Waals surface area contributed by atoms with Gasteiger partial charge < -0.3 is 10.2 Å². The van der Waals surface area contributed by atoms with Gasteiger partial charge >= 0.3 is 0 Å². The molecule has 0 saturated heterocycles. The zero-order valence-corrected chi connectivity index (χ0v) is 18.9. The molecule has 0 radical (unpaired) electrons. The number of nitrogens with one attached hydrogen (secondary N) is 1. The normalized spacial score (nSPS) is 17.0. The van der Waals surface area contributed by atoms with Crippen LogP contribution in [-0.4, -0.2) is 35.5 Å². The van der Waals surface area contributed by atoms with E-state index in [0.717, 1.165) is 40.1 Å². The summed E-state index contributed by atoms with van der Waals surface area (Å²) >= 11 is 1.63. The lowest BCUT2D eigenvalue weighted by Gasteiger charge is -2.32. The predicted octanol–water partition coefficient (Wildman–Crippen LogP) is 4.99. The molecule has 0 spiro atoms. The fraction of sp³-hybridized carbons (Fsp3) is 0.542. The second kappa shape index (κ2) is 9.82. The van der Waals surface area contributed by atoms with Crippen LogP contribution in [0.1, 0.15) is 66.6 Å². The van der Waals surface area contributed by atoms with Crippen LogP contribution < -0.4 is 10.2 Å². The van der Waals surface area contributed by atoms with Crippen molar-refractivity contribution in [2.45, 2.75) is 68.8 Å². The Hall–Kier alpha value is -2.08. The van der Waals surface area contributed by atoms with Gasteiger partial charge in [0, 0.05) is 42.7 Å². The third-order valence-corrected chi connectivity index (χ3v) is 7.03. The maximum Gasteiger partial charge on any atom is 0.251 e. The number of nitrogens with zero attached hydrogens (tertiary/aromatic N) is 3. The summed E-state index contributed by atoms with van der Waals surface area (Å²) in [5, 5.41) is 3.85. The molecular formula is C24H32N4OS. The number of rotatable bonds is 8. The maximum atomic E-state index is 12.4. The smallest absolute Gasteiger partial charge is 0.251 e. The number of aromatic nitrogens is 2. The first-order chi connectivity index (χ1) is 14.6. The number of amides is 1. The van der Waals surface area contributed by atoms with E-state index in [1.165, 1.54) is 44.9 Å². The second-order valence-corrected chi connectivity index (χ2v) is 9.64. The van der Waals surface area contributed by atoms with Crippen LogP contribution in [0.4, 0.5) is 5.82 Å². The number of thioether (sulfide) groups is 1. The van der Waals surface area contributed by atoms with Crippen molar-refractivity contribution >= 4 is 23.5 Å². The Balaban J connectivity index is 1.39. The highest BCUT2D eigenvalue weighted by molar-refractivity contribution is 7.98. The first-order valence-corrected chi connectivity index (χ1v) is 12.2. The van der Waals surface area contributed by atoms with Gasteiger partial charge in [0.1, 0.15) is 5.82 Å². The second-order valence-electron chi connectivity index (χ2n) is 8.70. The minimum Gasteiger partial charge on any atom is -0.357 e. The minimum atomic E-state index is 0.0250. The molecule has 2 saturated carbocycles. The van der Waals surface area contributed by atoms with E-state index in [2.05, 4.69) is 34.4 Å².